The van der Waals surface area contributed by atoms with Gasteiger partial charge in [0.25, 0.3) is 11.8 Å². The van der Waals surface area contributed by atoms with Crippen molar-refractivity contribution in [2.45, 2.75) is 20.3 Å². The number of amides is 2. The second-order valence-corrected chi connectivity index (χ2v) is 8.51. The SMILES string of the molecule is Cc1cc(NC(=O)c2ccccc2Cl)sc1C(=O)N1CCC(C)(CN)C1.Cl. The maximum Gasteiger partial charge on any atom is 0.264 e. The average molecular weight is 428 g/mol. The van der Waals surface area contributed by atoms with Gasteiger partial charge in [-0.15, -0.1) is 23.7 Å². The van der Waals surface area contributed by atoms with Gasteiger partial charge in [0.1, 0.15) is 0 Å². The first kappa shape index (κ1) is 21.7. The number of halogens is 2. The number of thiophene rings is 1. The van der Waals surface area contributed by atoms with Gasteiger partial charge < -0.3 is 16.0 Å². The monoisotopic (exact) mass is 427 g/mol. The van der Waals surface area contributed by atoms with Gasteiger partial charge in [0.05, 0.1) is 20.5 Å². The minimum Gasteiger partial charge on any atom is -0.337 e. The molecule has 8 heteroatoms. The van der Waals surface area contributed by atoms with Crippen molar-refractivity contribution >= 4 is 52.2 Å². The van der Waals surface area contributed by atoms with Gasteiger partial charge in [-0.05, 0) is 49.1 Å². The van der Waals surface area contributed by atoms with Crippen molar-refractivity contribution in [3.05, 3.63) is 51.4 Å². The fraction of sp³-hybridized carbons (Fsp3) is 0.368. The van der Waals surface area contributed by atoms with Crippen LogP contribution in [-0.2, 0) is 0 Å². The Kier molecular flexibility index (Phi) is 6.92. The number of nitrogens with one attached hydrogen (secondary N) is 1. The summed E-state index contributed by atoms with van der Waals surface area (Å²) in [4.78, 5) is 27.8. The Bertz CT molecular complexity index is 855. The number of hydrogen-bond acceptors (Lipinski definition) is 4. The Morgan fingerprint density at radius 2 is 2.07 bits per heavy atom. The van der Waals surface area contributed by atoms with Gasteiger partial charge in [-0.3, -0.25) is 9.59 Å². The second-order valence-electron chi connectivity index (χ2n) is 7.05. The summed E-state index contributed by atoms with van der Waals surface area (Å²) in [5.41, 5.74) is 7.09. The van der Waals surface area contributed by atoms with Crippen LogP contribution in [0.15, 0.2) is 30.3 Å². The number of rotatable bonds is 4. The zero-order valence-electron chi connectivity index (χ0n) is 15.3. The first-order valence-corrected chi connectivity index (χ1v) is 9.68. The van der Waals surface area contributed by atoms with Gasteiger partial charge in [-0.25, -0.2) is 0 Å². The zero-order chi connectivity index (χ0) is 18.9. The van der Waals surface area contributed by atoms with Crippen LogP contribution >= 0.6 is 35.3 Å². The molecular formula is C19H23Cl2N3O2S. The Morgan fingerprint density at radius 3 is 2.70 bits per heavy atom. The van der Waals surface area contributed by atoms with Gasteiger partial charge in [0.2, 0.25) is 0 Å². The van der Waals surface area contributed by atoms with Crippen molar-refractivity contribution in [1.29, 1.82) is 0 Å². The fourth-order valence-electron chi connectivity index (χ4n) is 3.09. The number of aryl methyl sites for hydroxylation is 1. The maximum absolute atomic E-state index is 12.9. The van der Waals surface area contributed by atoms with Crippen molar-refractivity contribution < 1.29 is 9.59 Å². The highest BCUT2D eigenvalue weighted by Crippen LogP contribution is 2.33. The number of anilines is 1. The molecule has 3 rings (SSSR count). The smallest absolute Gasteiger partial charge is 0.264 e. The fourth-order valence-corrected chi connectivity index (χ4v) is 4.35. The molecule has 0 spiro atoms. The van der Waals surface area contributed by atoms with E-state index in [4.69, 9.17) is 17.3 Å². The molecule has 0 saturated carbocycles. The highest BCUT2D eigenvalue weighted by molar-refractivity contribution is 7.18. The number of nitrogens with zero attached hydrogens (tertiary/aromatic N) is 1. The molecule has 1 unspecified atom stereocenters. The van der Waals surface area contributed by atoms with Gasteiger partial charge >= 0.3 is 0 Å². The molecule has 1 aliphatic rings. The van der Waals surface area contributed by atoms with E-state index in [1.807, 2.05) is 17.9 Å². The first-order valence-electron chi connectivity index (χ1n) is 8.49. The molecule has 146 valence electrons. The van der Waals surface area contributed by atoms with Crippen LogP contribution in [0.3, 0.4) is 0 Å². The minimum atomic E-state index is -0.285. The van der Waals surface area contributed by atoms with Crippen LogP contribution in [0, 0.1) is 12.3 Å². The van der Waals surface area contributed by atoms with Gasteiger partial charge in [0, 0.05) is 13.1 Å². The molecule has 1 fully saturated rings. The van der Waals surface area contributed by atoms with Crippen molar-refractivity contribution in [3.63, 3.8) is 0 Å². The van der Waals surface area contributed by atoms with E-state index < -0.39 is 0 Å². The Morgan fingerprint density at radius 1 is 1.37 bits per heavy atom. The highest BCUT2D eigenvalue weighted by atomic mass is 35.5. The van der Waals surface area contributed by atoms with Gasteiger partial charge in [-0.1, -0.05) is 30.7 Å². The molecule has 0 aliphatic carbocycles. The van der Waals surface area contributed by atoms with E-state index >= 15 is 0 Å². The van der Waals surface area contributed by atoms with E-state index in [0.717, 1.165) is 12.0 Å². The number of carbonyl (C=O) groups excluding carboxylic acids is 2. The van der Waals surface area contributed by atoms with Gasteiger partial charge in [0.15, 0.2) is 0 Å². The van der Waals surface area contributed by atoms with Crippen molar-refractivity contribution in [2.24, 2.45) is 11.1 Å². The lowest BCUT2D eigenvalue weighted by Crippen LogP contribution is -2.34. The quantitative estimate of drug-likeness (QED) is 0.767. The van der Waals surface area contributed by atoms with Crippen LogP contribution in [0.2, 0.25) is 5.02 Å². The average Bonchev–Trinajstić information content (AvgIpc) is 3.18. The third-order valence-electron chi connectivity index (χ3n) is 4.81. The lowest BCUT2D eigenvalue weighted by Gasteiger charge is -2.22. The number of likely N-dealkylation sites (tertiary alicyclic amines) is 1. The summed E-state index contributed by atoms with van der Waals surface area (Å²) in [7, 11) is 0. The predicted molar refractivity (Wildman–Crippen MR) is 113 cm³/mol. The summed E-state index contributed by atoms with van der Waals surface area (Å²) in [6.45, 7) is 5.94. The molecule has 5 nitrogen and oxygen atoms in total. The number of carbonyl (C=O) groups is 2. The lowest BCUT2D eigenvalue weighted by molar-refractivity contribution is 0.0781. The van der Waals surface area contributed by atoms with Crippen molar-refractivity contribution in [3.8, 4) is 0 Å². The summed E-state index contributed by atoms with van der Waals surface area (Å²) in [6, 6.07) is 8.70. The van der Waals surface area contributed by atoms with E-state index in [1.165, 1.54) is 11.3 Å². The van der Waals surface area contributed by atoms with E-state index in [9.17, 15) is 9.59 Å². The molecule has 2 amide bonds. The lowest BCUT2D eigenvalue weighted by atomic mass is 9.90. The number of hydrogen-bond donors (Lipinski definition) is 2. The molecule has 1 saturated heterocycles. The molecule has 1 atom stereocenters. The Balaban J connectivity index is 0.00000261. The van der Waals surface area contributed by atoms with Crippen molar-refractivity contribution in [1.82, 2.24) is 4.90 Å². The molecule has 3 N–H and O–H groups in total. The summed E-state index contributed by atoms with van der Waals surface area (Å²) in [5, 5.41) is 3.87. The van der Waals surface area contributed by atoms with E-state index in [0.29, 0.717) is 40.1 Å². The molecule has 1 aliphatic heterocycles. The summed E-state index contributed by atoms with van der Waals surface area (Å²) in [6.07, 6.45) is 0.912. The summed E-state index contributed by atoms with van der Waals surface area (Å²) >= 11 is 7.36. The van der Waals surface area contributed by atoms with Crippen LogP contribution in [0.25, 0.3) is 0 Å². The second kappa shape index (κ2) is 8.61. The number of nitrogens with two attached hydrogens (primary N) is 1. The van der Waals surface area contributed by atoms with Crippen LogP contribution in [0.4, 0.5) is 5.00 Å². The molecule has 2 aromatic rings. The number of benzene rings is 1. The summed E-state index contributed by atoms with van der Waals surface area (Å²) in [5.74, 6) is -0.282. The summed E-state index contributed by atoms with van der Waals surface area (Å²) < 4.78 is 0. The molecule has 0 radical (unpaired) electrons. The topological polar surface area (TPSA) is 75.4 Å². The predicted octanol–water partition coefficient (Wildman–Crippen LogP) is 4.19. The molecule has 2 heterocycles. The van der Waals surface area contributed by atoms with Crippen LogP contribution in [0.1, 0.15) is 38.9 Å². The normalized spacial score (nSPS) is 18.9. The molecule has 1 aromatic carbocycles. The molecule has 0 bridgehead atoms. The zero-order valence-corrected chi connectivity index (χ0v) is 17.6. The highest BCUT2D eigenvalue weighted by Gasteiger charge is 2.36. The van der Waals surface area contributed by atoms with Gasteiger partial charge in [-0.2, -0.15) is 0 Å². The standard InChI is InChI=1S/C19H22ClN3O2S.ClH/c1-12-9-15(22-17(24)13-5-3-4-6-14(13)20)26-16(12)18(25)23-8-7-19(2,10-21)11-23;/h3-6,9H,7-8,10-11,21H2,1-2H3,(H,22,24);1H. The Hall–Kier alpha value is -1.60. The maximum atomic E-state index is 12.9. The Labute approximate surface area is 174 Å². The van der Waals surface area contributed by atoms with E-state index in [1.54, 1.807) is 24.3 Å². The molecule has 1 aromatic heterocycles. The molecule has 27 heavy (non-hydrogen) atoms. The van der Waals surface area contributed by atoms with Crippen LogP contribution < -0.4 is 11.1 Å². The minimum absolute atomic E-state index is 0. The molecular weight excluding hydrogens is 405 g/mol. The third-order valence-corrected chi connectivity index (χ3v) is 6.28. The third kappa shape index (κ3) is 4.63. The first-order chi connectivity index (χ1) is 12.3. The van der Waals surface area contributed by atoms with E-state index in [-0.39, 0.29) is 29.6 Å². The van der Waals surface area contributed by atoms with Crippen molar-refractivity contribution in [2.75, 3.05) is 25.0 Å². The van der Waals surface area contributed by atoms with E-state index in [2.05, 4.69) is 12.2 Å². The largest absolute Gasteiger partial charge is 0.337 e. The van der Waals surface area contributed by atoms with Crippen LogP contribution in [0.5, 0.6) is 0 Å². The van der Waals surface area contributed by atoms with Crippen LogP contribution in [-0.4, -0.2) is 36.3 Å².